The first kappa shape index (κ1) is 22.2. The largest absolute Gasteiger partial charge is 0.450 e. The maximum atomic E-state index is 12.2. The number of nitrogens with zero attached hydrogens (tertiary/aromatic N) is 1. The molecule has 0 spiro atoms. The minimum Gasteiger partial charge on any atom is -0.450 e. The van der Waals surface area contributed by atoms with Gasteiger partial charge in [0.2, 0.25) is 11.8 Å². The fraction of sp³-hybridized carbons (Fsp3) is 0.471. The number of rotatable bonds is 8. The molecule has 2 N–H and O–H groups in total. The molecular weight excluding hydrogens is 381 g/mol. The molecule has 9 heteroatoms. The van der Waals surface area contributed by atoms with Crippen molar-refractivity contribution >= 4 is 41.1 Å². The molecule has 0 aliphatic heterocycles. The molecular formula is C17H23Cl2N3O4. The normalized spacial score (nSPS) is 11.8. The van der Waals surface area contributed by atoms with Crippen molar-refractivity contribution in [2.75, 3.05) is 26.2 Å². The van der Waals surface area contributed by atoms with E-state index < -0.39 is 12.0 Å². The summed E-state index contributed by atoms with van der Waals surface area (Å²) in [4.78, 5) is 36.8. The zero-order chi connectivity index (χ0) is 19.7. The monoisotopic (exact) mass is 403 g/mol. The summed E-state index contributed by atoms with van der Waals surface area (Å²) in [6.45, 7) is 5.83. The van der Waals surface area contributed by atoms with Crippen molar-refractivity contribution in [2.45, 2.75) is 26.8 Å². The Hall–Kier alpha value is -1.83. The molecule has 1 aromatic carbocycles. The van der Waals surface area contributed by atoms with Gasteiger partial charge in [-0.15, -0.1) is 0 Å². The zero-order valence-corrected chi connectivity index (χ0v) is 16.5. The smallest absolute Gasteiger partial charge is 0.413 e. The second-order valence-corrected chi connectivity index (χ2v) is 6.35. The standard InChI is InChI=1S/C17H23Cl2N3O4/c1-4-22(10-16(24)21-17(25)26-5-2)9-15(23)20-11(3)12-6-7-13(18)14(19)8-12/h6-8,11H,4-5,9-10H2,1-3H3,(H,20,23)(H,21,24,25)/t11-/m0/s1. The van der Waals surface area contributed by atoms with E-state index in [1.165, 1.54) is 0 Å². The number of carbonyl (C=O) groups excluding carboxylic acids is 3. The van der Waals surface area contributed by atoms with E-state index in [1.54, 1.807) is 30.0 Å². The van der Waals surface area contributed by atoms with Crippen LogP contribution in [0.1, 0.15) is 32.4 Å². The van der Waals surface area contributed by atoms with Crippen LogP contribution in [0.15, 0.2) is 18.2 Å². The predicted octanol–water partition coefficient (Wildman–Crippen LogP) is 2.77. The molecule has 1 aromatic rings. The van der Waals surface area contributed by atoms with Gasteiger partial charge in [-0.3, -0.25) is 19.8 Å². The van der Waals surface area contributed by atoms with Gasteiger partial charge in [-0.2, -0.15) is 0 Å². The summed E-state index contributed by atoms with van der Waals surface area (Å²) in [5, 5.41) is 5.79. The highest BCUT2D eigenvalue weighted by atomic mass is 35.5. The molecule has 0 fully saturated rings. The molecule has 1 atom stereocenters. The molecule has 0 heterocycles. The molecule has 7 nitrogen and oxygen atoms in total. The fourth-order valence-corrected chi connectivity index (χ4v) is 2.46. The molecule has 3 amide bonds. The third-order valence-electron chi connectivity index (χ3n) is 3.52. The molecule has 0 aliphatic carbocycles. The van der Waals surface area contributed by atoms with Gasteiger partial charge in [0.05, 0.1) is 35.8 Å². The Balaban J connectivity index is 2.54. The van der Waals surface area contributed by atoms with Crippen LogP contribution in [0.25, 0.3) is 0 Å². The summed E-state index contributed by atoms with van der Waals surface area (Å²) in [6.07, 6.45) is -0.800. The molecule has 0 aromatic heterocycles. The topological polar surface area (TPSA) is 87.7 Å². The number of imide groups is 1. The van der Waals surface area contributed by atoms with Crippen molar-refractivity contribution < 1.29 is 19.1 Å². The molecule has 0 unspecified atom stereocenters. The van der Waals surface area contributed by atoms with Crippen molar-refractivity contribution in [1.29, 1.82) is 0 Å². The van der Waals surface area contributed by atoms with E-state index in [0.717, 1.165) is 5.56 Å². The molecule has 144 valence electrons. The molecule has 0 aliphatic rings. The third kappa shape index (κ3) is 7.59. The maximum absolute atomic E-state index is 12.2. The minimum absolute atomic E-state index is 0.0123. The summed E-state index contributed by atoms with van der Waals surface area (Å²) in [6, 6.07) is 4.87. The second kappa shape index (κ2) is 11.0. The highest BCUT2D eigenvalue weighted by Crippen LogP contribution is 2.25. The van der Waals surface area contributed by atoms with Crippen LogP contribution in [0.4, 0.5) is 4.79 Å². The average Bonchev–Trinajstić information content (AvgIpc) is 2.56. The summed E-state index contributed by atoms with van der Waals surface area (Å²) >= 11 is 11.9. The van der Waals surface area contributed by atoms with Crippen molar-refractivity contribution in [2.24, 2.45) is 0 Å². The van der Waals surface area contributed by atoms with Gasteiger partial charge in [0.25, 0.3) is 0 Å². The Labute approximate surface area is 163 Å². The third-order valence-corrected chi connectivity index (χ3v) is 4.26. The number of benzene rings is 1. The minimum atomic E-state index is -0.800. The number of amides is 3. The maximum Gasteiger partial charge on any atom is 0.413 e. The lowest BCUT2D eigenvalue weighted by Crippen LogP contribution is -2.44. The number of hydrogen-bond acceptors (Lipinski definition) is 5. The zero-order valence-electron chi connectivity index (χ0n) is 15.0. The highest BCUT2D eigenvalue weighted by molar-refractivity contribution is 6.42. The van der Waals surface area contributed by atoms with E-state index in [0.29, 0.717) is 16.6 Å². The van der Waals surface area contributed by atoms with Gasteiger partial charge in [0.1, 0.15) is 0 Å². The first-order valence-electron chi connectivity index (χ1n) is 8.20. The Kier molecular flexibility index (Phi) is 9.40. The Bertz CT molecular complexity index is 655. The van der Waals surface area contributed by atoms with Crippen LogP contribution < -0.4 is 10.6 Å². The number of carbonyl (C=O) groups is 3. The van der Waals surface area contributed by atoms with Gasteiger partial charge in [0, 0.05) is 0 Å². The predicted molar refractivity (Wildman–Crippen MR) is 100 cm³/mol. The highest BCUT2D eigenvalue weighted by Gasteiger charge is 2.17. The summed E-state index contributed by atoms with van der Waals surface area (Å²) in [5.74, 6) is -0.787. The van der Waals surface area contributed by atoms with Crippen LogP contribution in [-0.4, -0.2) is 49.0 Å². The number of hydrogen-bond donors (Lipinski definition) is 2. The van der Waals surface area contributed by atoms with E-state index in [4.69, 9.17) is 23.2 Å². The van der Waals surface area contributed by atoms with Crippen molar-refractivity contribution in [3.63, 3.8) is 0 Å². The Morgan fingerprint density at radius 2 is 1.77 bits per heavy atom. The molecule has 0 radical (unpaired) electrons. The first-order chi connectivity index (χ1) is 12.3. The molecule has 0 saturated heterocycles. The van der Waals surface area contributed by atoms with Gasteiger partial charge in [-0.05, 0) is 38.1 Å². The molecule has 0 saturated carbocycles. The summed E-state index contributed by atoms with van der Waals surface area (Å²) in [5.41, 5.74) is 0.816. The SMILES string of the molecule is CCOC(=O)NC(=O)CN(CC)CC(=O)N[C@@H](C)c1ccc(Cl)c(Cl)c1. The lowest BCUT2D eigenvalue weighted by molar-refractivity contribution is -0.125. The number of likely N-dealkylation sites (N-methyl/N-ethyl adjacent to an activating group) is 1. The van der Waals surface area contributed by atoms with Gasteiger partial charge in [0.15, 0.2) is 0 Å². The summed E-state index contributed by atoms with van der Waals surface area (Å²) < 4.78 is 4.64. The number of halogens is 2. The van der Waals surface area contributed by atoms with Crippen LogP contribution in [0, 0.1) is 0 Å². The lowest BCUT2D eigenvalue weighted by Gasteiger charge is -2.21. The Morgan fingerprint density at radius 3 is 2.35 bits per heavy atom. The van der Waals surface area contributed by atoms with E-state index in [-0.39, 0.29) is 31.6 Å². The van der Waals surface area contributed by atoms with Crippen molar-refractivity contribution in [1.82, 2.24) is 15.5 Å². The summed E-state index contributed by atoms with van der Waals surface area (Å²) in [7, 11) is 0. The van der Waals surface area contributed by atoms with Crippen molar-refractivity contribution in [3.05, 3.63) is 33.8 Å². The first-order valence-corrected chi connectivity index (χ1v) is 8.95. The van der Waals surface area contributed by atoms with Crippen LogP contribution in [0.3, 0.4) is 0 Å². The molecule has 0 bridgehead atoms. The number of alkyl carbamates (subject to hydrolysis) is 1. The second-order valence-electron chi connectivity index (χ2n) is 5.53. The van der Waals surface area contributed by atoms with Crippen LogP contribution >= 0.6 is 23.2 Å². The Morgan fingerprint density at radius 1 is 1.12 bits per heavy atom. The lowest BCUT2D eigenvalue weighted by atomic mass is 10.1. The quantitative estimate of drug-likeness (QED) is 0.696. The number of nitrogens with one attached hydrogen (secondary N) is 2. The van der Waals surface area contributed by atoms with E-state index in [9.17, 15) is 14.4 Å². The van der Waals surface area contributed by atoms with Crippen LogP contribution in [0.2, 0.25) is 10.0 Å². The van der Waals surface area contributed by atoms with Crippen molar-refractivity contribution in [3.8, 4) is 0 Å². The van der Waals surface area contributed by atoms with E-state index in [2.05, 4.69) is 15.4 Å². The van der Waals surface area contributed by atoms with E-state index >= 15 is 0 Å². The number of ether oxygens (including phenoxy) is 1. The van der Waals surface area contributed by atoms with Crippen LogP contribution in [-0.2, 0) is 14.3 Å². The fourth-order valence-electron chi connectivity index (χ4n) is 2.16. The van der Waals surface area contributed by atoms with Gasteiger partial charge in [-0.25, -0.2) is 4.79 Å². The van der Waals surface area contributed by atoms with E-state index in [1.807, 2.05) is 13.8 Å². The average molecular weight is 404 g/mol. The van der Waals surface area contributed by atoms with Gasteiger partial charge in [-0.1, -0.05) is 36.2 Å². The molecule has 26 heavy (non-hydrogen) atoms. The van der Waals surface area contributed by atoms with Crippen LogP contribution in [0.5, 0.6) is 0 Å². The molecule has 1 rings (SSSR count). The van der Waals surface area contributed by atoms with Gasteiger partial charge < -0.3 is 10.1 Å². The van der Waals surface area contributed by atoms with Gasteiger partial charge >= 0.3 is 6.09 Å².